The lowest BCUT2D eigenvalue weighted by Crippen LogP contribution is -2.27. The fourth-order valence-corrected chi connectivity index (χ4v) is 2.48. The standard InChI is InChI=1S/C10H12ClN.C7H8/c11-9-3-1-8-6-10(12)4-2-7(8)5-9;1-7-5-3-2-4-6-7/h1,3,5,10H,2,4,6,12H2;2-6H,1H3. The Morgan fingerprint density at radius 2 is 1.79 bits per heavy atom. The molecule has 1 aliphatic rings. The Labute approximate surface area is 120 Å². The molecule has 0 heterocycles. The molecule has 2 N–H and O–H groups in total. The van der Waals surface area contributed by atoms with Gasteiger partial charge in [0.2, 0.25) is 0 Å². The first-order chi connectivity index (χ1) is 9.15. The van der Waals surface area contributed by atoms with Crippen molar-refractivity contribution in [1.82, 2.24) is 0 Å². The lowest BCUT2D eigenvalue weighted by Gasteiger charge is -2.21. The van der Waals surface area contributed by atoms with Crippen molar-refractivity contribution >= 4 is 11.6 Å². The van der Waals surface area contributed by atoms with Gasteiger partial charge in [-0.05, 0) is 49.4 Å². The summed E-state index contributed by atoms with van der Waals surface area (Å²) in [5.74, 6) is 0. The van der Waals surface area contributed by atoms with Crippen molar-refractivity contribution in [3.05, 3.63) is 70.2 Å². The van der Waals surface area contributed by atoms with Crippen molar-refractivity contribution in [2.75, 3.05) is 0 Å². The summed E-state index contributed by atoms with van der Waals surface area (Å²) in [6.07, 6.45) is 3.18. The van der Waals surface area contributed by atoms with Crippen LogP contribution in [-0.4, -0.2) is 6.04 Å². The topological polar surface area (TPSA) is 26.0 Å². The summed E-state index contributed by atoms with van der Waals surface area (Å²) in [7, 11) is 0. The molecule has 0 spiro atoms. The van der Waals surface area contributed by atoms with E-state index in [-0.39, 0.29) is 0 Å². The second-order valence-corrected chi connectivity index (χ2v) is 5.51. The maximum absolute atomic E-state index is 5.88. The number of hydrogen-bond acceptors (Lipinski definition) is 1. The highest BCUT2D eigenvalue weighted by Crippen LogP contribution is 2.23. The van der Waals surface area contributed by atoms with Gasteiger partial charge in [-0.2, -0.15) is 0 Å². The van der Waals surface area contributed by atoms with Crippen molar-refractivity contribution in [2.24, 2.45) is 5.73 Å². The average Bonchev–Trinajstić information content (AvgIpc) is 2.41. The van der Waals surface area contributed by atoms with Crippen molar-refractivity contribution in [3.8, 4) is 0 Å². The molecule has 0 aromatic heterocycles. The first kappa shape index (κ1) is 14.1. The van der Waals surface area contributed by atoms with E-state index in [9.17, 15) is 0 Å². The number of hydrogen-bond donors (Lipinski definition) is 1. The van der Waals surface area contributed by atoms with E-state index in [0.717, 1.165) is 24.3 Å². The minimum absolute atomic E-state index is 0.346. The van der Waals surface area contributed by atoms with Gasteiger partial charge in [-0.1, -0.05) is 53.6 Å². The quantitative estimate of drug-likeness (QED) is 0.767. The Balaban J connectivity index is 0.000000163. The van der Waals surface area contributed by atoms with E-state index in [1.54, 1.807) is 0 Å². The molecule has 1 aliphatic carbocycles. The van der Waals surface area contributed by atoms with Gasteiger partial charge in [-0.15, -0.1) is 0 Å². The van der Waals surface area contributed by atoms with Gasteiger partial charge in [0.05, 0.1) is 0 Å². The number of benzene rings is 2. The molecule has 0 saturated carbocycles. The molecule has 0 amide bonds. The van der Waals surface area contributed by atoms with Gasteiger partial charge in [-0.25, -0.2) is 0 Å². The van der Waals surface area contributed by atoms with Crippen molar-refractivity contribution in [1.29, 1.82) is 0 Å². The molecule has 0 fully saturated rings. The highest BCUT2D eigenvalue weighted by Gasteiger charge is 2.14. The summed E-state index contributed by atoms with van der Waals surface area (Å²) in [5.41, 5.74) is 9.93. The van der Waals surface area contributed by atoms with Gasteiger partial charge in [0.25, 0.3) is 0 Å². The molecular weight excluding hydrogens is 254 g/mol. The molecule has 0 bridgehead atoms. The van der Waals surface area contributed by atoms with Crippen LogP contribution in [0.25, 0.3) is 0 Å². The zero-order valence-electron chi connectivity index (χ0n) is 11.3. The van der Waals surface area contributed by atoms with Gasteiger partial charge in [-0.3, -0.25) is 0 Å². The van der Waals surface area contributed by atoms with E-state index in [2.05, 4.69) is 31.2 Å². The van der Waals surface area contributed by atoms with E-state index in [1.165, 1.54) is 16.7 Å². The van der Waals surface area contributed by atoms with Crippen LogP contribution in [-0.2, 0) is 12.8 Å². The normalized spacial score (nSPS) is 17.1. The lowest BCUT2D eigenvalue weighted by molar-refractivity contribution is 0.576. The Hall–Kier alpha value is -1.31. The van der Waals surface area contributed by atoms with E-state index >= 15 is 0 Å². The monoisotopic (exact) mass is 273 g/mol. The number of aryl methyl sites for hydroxylation is 2. The van der Waals surface area contributed by atoms with Crippen molar-refractivity contribution in [3.63, 3.8) is 0 Å². The van der Waals surface area contributed by atoms with E-state index in [0.29, 0.717) is 6.04 Å². The number of fused-ring (bicyclic) bond motifs is 1. The van der Waals surface area contributed by atoms with E-state index in [4.69, 9.17) is 17.3 Å². The molecule has 1 unspecified atom stereocenters. The molecule has 1 atom stereocenters. The van der Waals surface area contributed by atoms with Crippen LogP contribution in [0.15, 0.2) is 48.5 Å². The third kappa shape index (κ3) is 4.38. The summed E-state index contributed by atoms with van der Waals surface area (Å²) in [6.45, 7) is 2.08. The predicted octanol–water partition coefficient (Wildman–Crippen LogP) is 4.15. The zero-order valence-corrected chi connectivity index (χ0v) is 12.0. The minimum Gasteiger partial charge on any atom is -0.327 e. The van der Waals surface area contributed by atoms with Crippen LogP contribution in [0.2, 0.25) is 5.02 Å². The molecule has 0 aliphatic heterocycles. The van der Waals surface area contributed by atoms with Crippen LogP contribution < -0.4 is 5.73 Å². The first-order valence-corrected chi connectivity index (χ1v) is 7.07. The minimum atomic E-state index is 0.346. The third-order valence-electron chi connectivity index (χ3n) is 3.38. The van der Waals surface area contributed by atoms with E-state index < -0.39 is 0 Å². The highest BCUT2D eigenvalue weighted by atomic mass is 35.5. The van der Waals surface area contributed by atoms with Crippen molar-refractivity contribution in [2.45, 2.75) is 32.2 Å². The first-order valence-electron chi connectivity index (χ1n) is 6.69. The van der Waals surface area contributed by atoms with Crippen LogP contribution in [0.4, 0.5) is 0 Å². The predicted molar refractivity (Wildman–Crippen MR) is 82.6 cm³/mol. The zero-order chi connectivity index (χ0) is 13.7. The van der Waals surface area contributed by atoms with E-state index in [1.807, 2.05) is 24.3 Å². The second-order valence-electron chi connectivity index (χ2n) is 5.07. The van der Waals surface area contributed by atoms with Gasteiger partial charge in [0, 0.05) is 11.1 Å². The number of halogens is 1. The molecule has 1 nitrogen and oxygen atoms in total. The molecule has 2 heteroatoms. The Kier molecular flexibility index (Phi) is 5.00. The molecule has 100 valence electrons. The maximum Gasteiger partial charge on any atom is 0.0408 e. The summed E-state index contributed by atoms with van der Waals surface area (Å²) >= 11 is 5.88. The molecule has 2 aromatic carbocycles. The Morgan fingerprint density at radius 3 is 2.42 bits per heavy atom. The molecule has 3 rings (SSSR count). The molecular formula is C17H20ClN. The molecule has 19 heavy (non-hydrogen) atoms. The van der Waals surface area contributed by atoms with Gasteiger partial charge in [0.1, 0.15) is 0 Å². The maximum atomic E-state index is 5.88. The highest BCUT2D eigenvalue weighted by molar-refractivity contribution is 6.30. The van der Waals surface area contributed by atoms with Crippen LogP contribution in [0.1, 0.15) is 23.1 Å². The summed E-state index contributed by atoms with van der Waals surface area (Å²) in [6, 6.07) is 16.7. The SMILES string of the molecule is Cc1ccccc1.NC1CCc2cc(Cl)ccc2C1. The van der Waals surface area contributed by atoms with Crippen LogP contribution in [0.3, 0.4) is 0 Å². The lowest BCUT2D eigenvalue weighted by atomic mass is 9.89. The number of rotatable bonds is 0. The number of nitrogens with two attached hydrogens (primary N) is 1. The molecule has 2 aromatic rings. The van der Waals surface area contributed by atoms with Gasteiger partial charge >= 0.3 is 0 Å². The van der Waals surface area contributed by atoms with Crippen molar-refractivity contribution < 1.29 is 0 Å². The van der Waals surface area contributed by atoms with Crippen LogP contribution >= 0.6 is 11.6 Å². The third-order valence-corrected chi connectivity index (χ3v) is 3.61. The fraction of sp³-hybridized carbons (Fsp3) is 0.294. The Bertz CT molecular complexity index is 522. The molecule has 0 saturated heterocycles. The molecule has 0 radical (unpaired) electrons. The average molecular weight is 274 g/mol. The fourth-order valence-electron chi connectivity index (χ4n) is 2.29. The largest absolute Gasteiger partial charge is 0.327 e. The van der Waals surface area contributed by atoms with Gasteiger partial charge in [0.15, 0.2) is 0 Å². The summed E-state index contributed by atoms with van der Waals surface area (Å²) in [5, 5.41) is 0.837. The second kappa shape index (κ2) is 6.74. The Morgan fingerprint density at radius 1 is 1.05 bits per heavy atom. The van der Waals surface area contributed by atoms with Gasteiger partial charge < -0.3 is 5.73 Å². The summed E-state index contributed by atoms with van der Waals surface area (Å²) in [4.78, 5) is 0. The van der Waals surface area contributed by atoms with Crippen LogP contribution in [0.5, 0.6) is 0 Å². The van der Waals surface area contributed by atoms with Crippen LogP contribution in [0, 0.1) is 6.92 Å². The smallest absolute Gasteiger partial charge is 0.0408 e. The summed E-state index contributed by atoms with van der Waals surface area (Å²) < 4.78 is 0.